The van der Waals surface area contributed by atoms with Crippen molar-refractivity contribution in [1.29, 1.82) is 0 Å². The maximum absolute atomic E-state index is 12.1. The van der Waals surface area contributed by atoms with Crippen LogP contribution >= 0.6 is 0 Å². The van der Waals surface area contributed by atoms with E-state index in [0.29, 0.717) is 36.4 Å². The number of benzene rings is 2. The van der Waals surface area contributed by atoms with Crippen LogP contribution < -0.4 is 19.5 Å². The van der Waals surface area contributed by atoms with Crippen molar-refractivity contribution < 1.29 is 19.0 Å². The summed E-state index contributed by atoms with van der Waals surface area (Å²) in [6.07, 6.45) is 0. The fourth-order valence-corrected chi connectivity index (χ4v) is 2.43. The molecule has 0 unspecified atom stereocenters. The summed E-state index contributed by atoms with van der Waals surface area (Å²) in [4.78, 5) is 12.1. The van der Waals surface area contributed by atoms with Crippen molar-refractivity contribution in [3.8, 4) is 17.2 Å². The number of rotatable bonds is 5. The number of nitrogens with one attached hydrogen (secondary N) is 1. The average molecular weight is 327 g/mol. The Bertz CT molecular complexity index is 727. The van der Waals surface area contributed by atoms with E-state index in [-0.39, 0.29) is 12.5 Å². The first-order chi connectivity index (χ1) is 11.6. The van der Waals surface area contributed by atoms with Gasteiger partial charge >= 0.3 is 0 Å². The van der Waals surface area contributed by atoms with Gasteiger partial charge in [-0.1, -0.05) is 26.0 Å². The van der Waals surface area contributed by atoms with Crippen LogP contribution in [0.1, 0.15) is 25.3 Å². The Balaban J connectivity index is 1.57. The van der Waals surface area contributed by atoms with Crippen molar-refractivity contribution in [2.75, 3.05) is 25.1 Å². The van der Waals surface area contributed by atoms with Crippen molar-refractivity contribution in [1.82, 2.24) is 0 Å². The van der Waals surface area contributed by atoms with Gasteiger partial charge in [-0.2, -0.15) is 0 Å². The van der Waals surface area contributed by atoms with Gasteiger partial charge in [0.05, 0.1) is 0 Å². The molecule has 0 spiro atoms. The van der Waals surface area contributed by atoms with Gasteiger partial charge in [0.25, 0.3) is 5.91 Å². The van der Waals surface area contributed by atoms with Gasteiger partial charge in [-0.25, -0.2) is 0 Å². The Kier molecular flexibility index (Phi) is 4.89. The molecule has 0 bridgehead atoms. The minimum Gasteiger partial charge on any atom is -0.486 e. The fraction of sp³-hybridized carbons (Fsp3) is 0.316. The number of hydrogen-bond acceptors (Lipinski definition) is 4. The molecule has 0 aliphatic carbocycles. The summed E-state index contributed by atoms with van der Waals surface area (Å²) in [5.74, 6) is 2.12. The number of ether oxygens (including phenoxy) is 3. The molecule has 0 atom stereocenters. The zero-order valence-corrected chi connectivity index (χ0v) is 13.9. The number of anilines is 1. The normalized spacial score (nSPS) is 12.8. The maximum Gasteiger partial charge on any atom is 0.262 e. The Morgan fingerprint density at radius 1 is 1.12 bits per heavy atom. The van der Waals surface area contributed by atoms with E-state index in [9.17, 15) is 4.79 Å². The number of amides is 1. The van der Waals surface area contributed by atoms with Crippen LogP contribution in [0.4, 0.5) is 5.69 Å². The van der Waals surface area contributed by atoms with Crippen molar-refractivity contribution in [2.45, 2.75) is 19.8 Å². The second-order valence-corrected chi connectivity index (χ2v) is 5.92. The van der Waals surface area contributed by atoms with Gasteiger partial charge in [0, 0.05) is 11.8 Å². The molecule has 126 valence electrons. The third-order valence-corrected chi connectivity index (χ3v) is 3.72. The quantitative estimate of drug-likeness (QED) is 0.911. The monoisotopic (exact) mass is 327 g/mol. The highest BCUT2D eigenvalue weighted by molar-refractivity contribution is 5.91. The van der Waals surface area contributed by atoms with Gasteiger partial charge in [0.15, 0.2) is 18.1 Å². The van der Waals surface area contributed by atoms with E-state index in [2.05, 4.69) is 19.2 Å². The minimum atomic E-state index is -0.203. The van der Waals surface area contributed by atoms with Gasteiger partial charge < -0.3 is 19.5 Å². The second kappa shape index (κ2) is 7.25. The van der Waals surface area contributed by atoms with Gasteiger partial charge in [0.2, 0.25) is 0 Å². The Labute approximate surface area is 141 Å². The third kappa shape index (κ3) is 3.98. The number of hydrogen-bond donors (Lipinski definition) is 1. The van der Waals surface area contributed by atoms with E-state index in [1.807, 2.05) is 24.3 Å². The number of fused-ring (bicyclic) bond motifs is 1. The lowest BCUT2D eigenvalue weighted by Gasteiger charge is -2.18. The Hall–Kier alpha value is -2.69. The largest absolute Gasteiger partial charge is 0.486 e. The summed E-state index contributed by atoms with van der Waals surface area (Å²) in [6, 6.07) is 13.1. The zero-order valence-electron chi connectivity index (χ0n) is 13.9. The molecule has 2 aromatic rings. The number of carbonyl (C=O) groups is 1. The Morgan fingerprint density at radius 3 is 2.71 bits per heavy atom. The third-order valence-electron chi connectivity index (χ3n) is 3.72. The molecule has 1 heterocycles. The van der Waals surface area contributed by atoms with Crippen LogP contribution in [0.25, 0.3) is 0 Å². The second-order valence-electron chi connectivity index (χ2n) is 5.92. The Morgan fingerprint density at radius 2 is 1.92 bits per heavy atom. The highest BCUT2D eigenvalue weighted by Crippen LogP contribution is 2.33. The van der Waals surface area contributed by atoms with Gasteiger partial charge in [-0.05, 0) is 35.7 Å². The topological polar surface area (TPSA) is 56.8 Å². The molecule has 3 rings (SSSR count). The van der Waals surface area contributed by atoms with E-state index in [1.165, 1.54) is 5.56 Å². The first-order valence-electron chi connectivity index (χ1n) is 8.04. The van der Waals surface area contributed by atoms with Crippen molar-refractivity contribution in [3.63, 3.8) is 0 Å². The predicted molar refractivity (Wildman–Crippen MR) is 92.1 cm³/mol. The molecule has 0 saturated heterocycles. The summed E-state index contributed by atoms with van der Waals surface area (Å²) in [6.45, 7) is 5.23. The summed E-state index contributed by atoms with van der Waals surface area (Å²) < 4.78 is 16.5. The molecule has 5 nitrogen and oxygen atoms in total. The maximum atomic E-state index is 12.1. The highest BCUT2D eigenvalue weighted by atomic mass is 16.6. The van der Waals surface area contributed by atoms with E-state index in [4.69, 9.17) is 14.2 Å². The lowest BCUT2D eigenvalue weighted by atomic mass is 10.0. The lowest BCUT2D eigenvalue weighted by molar-refractivity contribution is -0.118. The summed E-state index contributed by atoms with van der Waals surface area (Å²) in [5, 5.41) is 2.85. The molecule has 0 radical (unpaired) electrons. The summed E-state index contributed by atoms with van der Waals surface area (Å²) in [7, 11) is 0. The first-order valence-corrected chi connectivity index (χ1v) is 8.04. The minimum absolute atomic E-state index is 0.0639. The predicted octanol–water partition coefficient (Wildman–Crippen LogP) is 3.60. The molecule has 0 saturated carbocycles. The van der Waals surface area contributed by atoms with Crippen molar-refractivity contribution >= 4 is 11.6 Å². The molecule has 1 N–H and O–H groups in total. The SMILES string of the molecule is CC(C)c1cccc(NC(=O)COc2ccc3c(c2)OCCO3)c1. The highest BCUT2D eigenvalue weighted by Gasteiger charge is 2.13. The fourth-order valence-electron chi connectivity index (χ4n) is 2.43. The summed E-state index contributed by atoms with van der Waals surface area (Å²) >= 11 is 0. The molecule has 1 aliphatic rings. The standard InChI is InChI=1S/C19H21NO4/c1-13(2)14-4-3-5-15(10-14)20-19(21)12-24-16-6-7-17-18(11-16)23-9-8-22-17/h3-7,10-11,13H,8-9,12H2,1-2H3,(H,20,21). The van der Waals surface area contributed by atoms with E-state index < -0.39 is 0 Å². The summed E-state index contributed by atoms with van der Waals surface area (Å²) in [5.41, 5.74) is 1.96. The van der Waals surface area contributed by atoms with Crippen LogP contribution in [0.3, 0.4) is 0 Å². The van der Waals surface area contributed by atoms with Crippen molar-refractivity contribution in [3.05, 3.63) is 48.0 Å². The lowest BCUT2D eigenvalue weighted by Crippen LogP contribution is -2.20. The smallest absolute Gasteiger partial charge is 0.262 e. The van der Waals surface area contributed by atoms with E-state index in [0.717, 1.165) is 5.69 Å². The van der Waals surface area contributed by atoms with E-state index >= 15 is 0 Å². The van der Waals surface area contributed by atoms with Crippen LogP contribution in [0.2, 0.25) is 0 Å². The van der Waals surface area contributed by atoms with Crippen LogP contribution in [0.5, 0.6) is 17.2 Å². The molecule has 0 aromatic heterocycles. The van der Waals surface area contributed by atoms with Gasteiger partial charge in [-0.3, -0.25) is 4.79 Å². The molecule has 0 fully saturated rings. The molecule has 5 heteroatoms. The first kappa shape index (κ1) is 16.2. The van der Waals surface area contributed by atoms with Crippen LogP contribution in [0.15, 0.2) is 42.5 Å². The molecule has 1 aliphatic heterocycles. The zero-order chi connectivity index (χ0) is 16.9. The van der Waals surface area contributed by atoms with Crippen LogP contribution in [-0.2, 0) is 4.79 Å². The average Bonchev–Trinajstić information content (AvgIpc) is 2.60. The van der Waals surface area contributed by atoms with Gasteiger partial charge in [-0.15, -0.1) is 0 Å². The van der Waals surface area contributed by atoms with E-state index in [1.54, 1.807) is 18.2 Å². The van der Waals surface area contributed by atoms with Crippen LogP contribution in [-0.4, -0.2) is 25.7 Å². The molecular weight excluding hydrogens is 306 g/mol. The van der Waals surface area contributed by atoms with Gasteiger partial charge in [0.1, 0.15) is 19.0 Å². The molecular formula is C19H21NO4. The molecule has 1 amide bonds. The number of carbonyl (C=O) groups excluding carboxylic acids is 1. The van der Waals surface area contributed by atoms with Crippen LogP contribution in [0, 0.1) is 0 Å². The van der Waals surface area contributed by atoms with Crippen molar-refractivity contribution in [2.24, 2.45) is 0 Å². The molecule has 24 heavy (non-hydrogen) atoms. The molecule has 2 aromatic carbocycles.